The molecule has 6 rings (SSSR count). The number of carboxylic acid groups (broad SMARTS) is 1. The van der Waals surface area contributed by atoms with Crippen molar-refractivity contribution in [3.05, 3.63) is 47.6 Å². The van der Waals surface area contributed by atoms with E-state index in [4.69, 9.17) is 30.8 Å². The molecule has 2 fully saturated rings. The van der Waals surface area contributed by atoms with Crippen molar-refractivity contribution >= 4 is 45.2 Å². The highest BCUT2D eigenvalue weighted by Gasteiger charge is 2.59. The van der Waals surface area contributed by atoms with Gasteiger partial charge in [0.1, 0.15) is 23.6 Å². The van der Waals surface area contributed by atoms with Gasteiger partial charge in [0.05, 0.1) is 17.0 Å². The minimum atomic E-state index is -0.941. The van der Waals surface area contributed by atoms with Crippen LogP contribution in [0.25, 0.3) is 32.9 Å². The van der Waals surface area contributed by atoms with Gasteiger partial charge in [-0.2, -0.15) is 9.97 Å². The first-order valence-electron chi connectivity index (χ1n) is 14.3. The molecule has 0 spiro atoms. The van der Waals surface area contributed by atoms with Gasteiger partial charge in [-0.25, -0.2) is 9.18 Å². The lowest BCUT2D eigenvalue weighted by Crippen LogP contribution is -2.68. The number of amides is 1. The monoisotopic (exact) mass is 624 g/mol. The Hall–Kier alpha value is -3.87. The summed E-state index contributed by atoms with van der Waals surface area (Å²) in [4.78, 5) is 34.2. The van der Waals surface area contributed by atoms with E-state index in [9.17, 15) is 9.90 Å². The summed E-state index contributed by atoms with van der Waals surface area (Å²) in [5, 5.41) is 12.4. The fourth-order valence-electron chi connectivity index (χ4n) is 6.70. The number of methoxy groups -OCH3 is 2. The smallest absolute Gasteiger partial charge is 0.408 e. The van der Waals surface area contributed by atoms with Crippen LogP contribution in [-0.4, -0.2) is 87.8 Å². The minimum absolute atomic E-state index is 0.00302. The quantitative estimate of drug-likeness (QED) is 0.253. The van der Waals surface area contributed by atoms with Gasteiger partial charge in [0.2, 0.25) is 0 Å². The first-order valence-corrected chi connectivity index (χ1v) is 14.7. The Bertz CT molecular complexity index is 1740. The molecule has 2 aliphatic rings. The Morgan fingerprint density at radius 1 is 1.20 bits per heavy atom. The van der Waals surface area contributed by atoms with Crippen molar-refractivity contribution < 1.29 is 28.5 Å². The molecule has 5 heterocycles. The second-order valence-electron chi connectivity index (χ2n) is 12.3. The molecule has 1 aromatic carbocycles. The molecule has 11 nitrogen and oxygen atoms in total. The van der Waals surface area contributed by atoms with Gasteiger partial charge in [0, 0.05) is 67.3 Å². The number of hydrogen-bond acceptors (Lipinski definition) is 9. The zero-order chi connectivity index (χ0) is 31.4. The molecule has 0 saturated carbocycles. The number of benzene rings is 1. The van der Waals surface area contributed by atoms with Crippen LogP contribution in [0.4, 0.5) is 15.0 Å². The predicted molar refractivity (Wildman–Crippen MR) is 164 cm³/mol. The van der Waals surface area contributed by atoms with Crippen molar-refractivity contribution in [1.82, 2.24) is 24.8 Å². The summed E-state index contributed by atoms with van der Waals surface area (Å²) in [6.45, 7) is 6.84. The average molecular weight is 625 g/mol. The number of rotatable bonds is 7. The average Bonchev–Trinajstić information content (AvgIpc) is 3.25. The second-order valence-corrected chi connectivity index (χ2v) is 12.7. The molecule has 2 unspecified atom stereocenters. The Kier molecular flexibility index (Phi) is 7.71. The van der Waals surface area contributed by atoms with Crippen molar-refractivity contribution in [1.29, 1.82) is 0 Å². The van der Waals surface area contributed by atoms with E-state index >= 15 is 4.39 Å². The summed E-state index contributed by atoms with van der Waals surface area (Å²) < 4.78 is 33.0. The number of ether oxygens (including phenoxy) is 3. The van der Waals surface area contributed by atoms with Crippen LogP contribution in [0.2, 0.25) is 5.02 Å². The van der Waals surface area contributed by atoms with E-state index in [2.05, 4.69) is 15.0 Å². The van der Waals surface area contributed by atoms with Gasteiger partial charge in [-0.3, -0.25) is 14.9 Å². The van der Waals surface area contributed by atoms with Gasteiger partial charge in [-0.05, 0) is 24.3 Å². The molecule has 0 radical (unpaired) electrons. The molecule has 2 atom stereocenters. The van der Waals surface area contributed by atoms with Crippen molar-refractivity contribution in [2.24, 2.45) is 5.41 Å². The van der Waals surface area contributed by atoms with E-state index in [1.807, 2.05) is 31.7 Å². The molecule has 232 valence electrons. The molecule has 3 aromatic heterocycles. The minimum Gasteiger partial charge on any atom is -0.465 e. The van der Waals surface area contributed by atoms with E-state index in [-0.39, 0.29) is 35.3 Å². The molecule has 2 bridgehead atoms. The standard InChI is InChI=1S/C31H34ClFN6O5/c1-30(2,3)31-10-9-18(39(31)29(40)41)14-38(16-31)27-20-13-35-25(19-12-34-11-17-7-6-8-21(32)23(17)19)24(33)26(20)36-28(37-27)44-15-22(42-4)43-5/h6-8,11-13,18,22H,9-10,14-16H2,1-5H3,(H,40,41). The van der Waals surface area contributed by atoms with Crippen molar-refractivity contribution in [3.63, 3.8) is 0 Å². The molecule has 4 aromatic rings. The number of halogens is 2. The maximum absolute atomic E-state index is 16.6. The van der Waals surface area contributed by atoms with E-state index < -0.39 is 23.7 Å². The Morgan fingerprint density at radius 2 is 1.98 bits per heavy atom. The lowest BCUT2D eigenvalue weighted by Gasteiger charge is -2.54. The van der Waals surface area contributed by atoms with E-state index in [0.717, 1.165) is 5.39 Å². The molecule has 1 amide bonds. The number of nitrogens with zero attached hydrogens (tertiary/aromatic N) is 6. The third-order valence-electron chi connectivity index (χ3n) is 9.01. The van der Waals surface area contributed by atoms with E-state index in [1.54, 1.807) is 29.4 Å². The third kappa shape index (κ3) is 4.85. The second kappa shape index (κ2) is 11.2. The molecule has 13 heteroatoms. The Morgan fingerprint density at radius 3 is 2.68 bits per heavy atom. The molecular weight excluding hydrogens is 591 g/mol. The van der Waals surface area contributed by atoms with Crippen LogP contribution in [0.15, 0.2) is 36.8 Å². The highest BCUT2D eigenvalue weighted by molar-refractivity contribution is 6.36. The molecule has 44 heavy (non-hydrogen) atoms. The lowest BCUT2D eigenvalue weighted by molar-refractivity contribution is -0.123. The van der Waals surface area contributed by atoms with Gasteiger partial charge in [0.15, 0.2) is 12.1 Å². The number of hydrogen-bond donors (Lipinski definition) is 1. The highest BCUT2D eigenvalue weighted by atomic mass is 35.5. The van der Waals surface area contributed by atoms with Gasteiger partial charge >= 0.3 is 12.1 Å². The van der Waals surface area contributed by atoms with Gasteiger partial charge in [-0.1, -0.05) is 44.5 Å². The number of piperazine rings is 1. The van der Waals surface area contributed by atoms with Gasteiger partial charge in [0.25, 0.3) is 0 Å². The number of aromatic nitrogens is 4. The third-order valence-corrected chi connectivity index (χ3v) is 9.32. The summed E-state index contributed by atoms with van der Waals surface area (Å²) in [6, 6.07) is 5.05. The van der Waals surface area contributed by atoms with Crippen LogP contribution in [0.5, 0.6) is 6.01 Å². The van der Waals surface area contributed by atoms with Crippen molar-refractivity contribution in [2.75, 3.05) is 38.8 Å². The SMILES string of the molecule is COC(COc1nc(N2CC3CCC(C(C)(C)C)(C2)N3C(=O)O)c2cnc(-c3cncc4cccc(Cl)c34)c(F)c2n1)OC. The lowest BCUT2D eigenvalue weighted by atomic mass is 9.71. The van der Waals surface area contributed by atoms with E-state index in [1.165, 1.54) is 20.4 Å². The van der Waals surface area contributed by atoms with Crippen LogP contribution in [0.3, 0.4) is 0 Å². The normalized spacial score (nSPS) is 20.2. The summed E-state index contributed by atoms with van der Waals surface area (Å²) in [7, 11) is 2.96. The van der Waals surface area contributed by atoms with Crippen LogP contribution in [-0.2, 0) is 9.47 Å². The Labute approximate surface area is 258 Å². The maximum atomic E-state index is 16.6. The molecule has 2 saturated heterocycles. The summed E-state index contributed by atoms with van der Waals surface area (Å²) in [5.41, 5.74) is -0.610. The van der Waals surface area contributed by atoms with Crippen LogP contribution in [0.1, 0.15) is 33.6 Å². The van der Waals surface area contributed by atoms with Crippen molar-refractivity contribution in [3.8, 4) is 17.3 Å². The van der Waals surface area contributed by atoms with Crippen LogP contribution >= 0.6 is 11.6 Å². The number of fused-ring (bicyclic) bond motifs is 4. The molecule has 2 aliphatic heterocycles. The predicted octanol–water partition coefficient (Wildman–Crippen LogP) is 5.78. The number of carbonyl (C=O) groups is 1. The number of anilines is 1. The maximum Gasteiger partial charge on any atom is 0.408 e. The first kappa shape index (κ1) is 30.2. The highest BCUT2D eigenvalue weighted by Crippen LogP contribution is 2.50. The summed E-state index contributed by atoms with van der Waals surface area (Å²) in [6.07, 6.45) is 4.51. The Balaban J connectivity index is 1.52. The van der Waals surface area contributed by atoms with Crippen molar-refractivity contribution in [2.45, 2.75) is 51.5 Å². The molecular formula is C31H34ClFN6O5. The fourth-order valence-corrected chi connectivity index (χ4v) is 6.98. The zero-order valence-corrected chi connectivity index (χ0v) is 25.9. The summed E-state index contributed by atoms with van der Waals surface area (Å²) >= 11 is 6.55. The molecule has 0 aliphatic carbocycles. The largest absolute Gasteiger partial charge is 0.465 e. The van der Waals surface area contributed by atoms with Crippen LogP contribution < -0.4 is 9.64 Å². The van der Waals surface area contributed by atoms with Gasteiger partial charge < -0.3 is 24.2 Å². The van der Waals surface area contributed by atoms with E-state index in [0.29, 0.717) is 53.1 Å². The molecule has 1 N–H and O–H groups in total. The zero-order valence-electron chi connectivity index (χ0n) is 25.2. The summed E-state index contributed by atoms with van der Waals surface area (Å²) in [5.74, 6) is -0.271. The topological polar surface area (TPSA) is 123 Å². The van der Waals surface area contributed by atoms with Crippen LogP contribution in [0, 0.1) is 11.2 Å². The van der Waals surface area contributed by atoms with Gasteiger partial charge in [-0.15, -0.1) is 0 Å². The fraction of sp³-hybridized carbons (Fsp3) is 0.452. The number of pyridine rings is 2. The first-order chi connectivity index (χ1) is 21.0.